The molecule has 0 unspecified atom stereocenters. The summed E-state index contributed by atoms with van der Waals surface area (Å²) in [5.74, 6) is -0.0891. The van der Waals surface area contributed by atoms with Crippen molar-refractivity contribution in [3.63, 3.8) is 0 Å². The number of anilines is 1. The fourth-order valence-electron chi connectivity index (χ4n) is 0.964. The minimum Gasteiger partial charge on any atom is -0.482 e. The Bertz CT molecular complexity index is 382. The second-order valence-electron chi connectivity index (χ2n) is 2.81. The van der Waals surface area contributed by atoms with Crippen molar-refractivity contribution < 1.29 is 22.7 Å². The molecule has 0 saturated heterocycles. The Balaban J connectivity index is 2.82. The summed E-state index contributed by atoms with van der Waals surface area (Å²) in [5.41, 5.74) is 0.0896. The van der Waals surface area contributed by atoms with E-state index in [1.54, 1.807) is 0 Å². The van der Waals surface area contributed by atoms with E-state index in [-0.39, 0.29) is 16.5 Å². The van der Waals surface area contributed by atoms with Crippen molar-refractivity contribution in [3.05, 3.63) is 23.2 Å². The number of ether oxygens (including phenoxy) is 1. The van der Waals surface area contributed by atoms with Crippen LogP contribution in [0, 0.1) is 0 Å². The molecule has 0 fully saturated rings. The number of alkyl halides is 3. The normalized spacial score (nSPS) is 11.0. The lowest BCUT2D eigenvalue weighted by Gasteiger charge is -2.12. The van der Waals surface area contributed by atoms with Gasteiger partial charge in [-0.3, -0.25) is 4.79 Å². The molecule has 1 amide bonds. The van der Waals surface area contributed by atoms with E-state index in [9.17, 15) is 18.0 Å². The Hall–Kier alpha value is -1.43. The van der Waals surface area contributed by atoms with Gasteiger partial charge in [0.1, 0.15) is 5.75 Å². The van der Waals surface area contributed by atoms with E-state index in [0.29, 0.717) is 6.41 Å². The number of halogens is 4. The molecule has 0 heterocycles. The van der Waals surface area contributed by atoms with E-state index < -0.39 is 12.8 Å². The third kappa shape index (κ3) is 3.98. The predicted octanol–water partition coefficient (Wildman–Crippen LogP) is 2.85. The van der Waals surface area contributed by atoms with E-state index >= 15 is 0 Å². The molecule has 0 bridgehead atoms. The van der Waals surface area contributed by atoms with Crippen LogP contribution in [-0.4, -0.2) is 19.2 Å². The van der Waals surface area contributed by atoms with E-state index in [1.807, 2.05) is 0 Å². The summed E-state index contributed by atoms with van der Waals surface area (Å²) >= 11 is 5.61. The summed E-state index contributed by atoms with van der Waals surface area (Å²) in [6.45, 7) is -1.43. The first-order chi connectivity index (χ1) is 7.42. The largest absolute Gasteiger partial charge is 0.482 e. The van der Waals surface area contributed by atoms with Crippen molar-refractivity contribution in [2.24, 2.45) is 0 Å². The molecule has 0 radical (unpaired) electrons. The van der Waals surface area contributed by atoms with Crippen molar-refractivity contribution >= 4 is 23.7 Å². The standard InChI is InChI=1S/C9H7ClF3NO2/c10-6-1-2-8(7(3-6)14-5-15)16-4-9(11,12)13/h1-3,5H,4H2,(H,14,15). The topological polar surface area (TPSA) is 38.3 Å². The van der Waals surface area contributed by atoms with E-state index in [1.165, 1.54) is 18.2 Å². The van der Waals surface area contributed by atoms with Gasteiger partial charge in [0, 0.05) is 5.02 Å². The van der Waals surface area contributed by atoms with Gasteiger partial charge in [-0.15, -0.1) is 0 Å². The van der Waals surface area contributed by atoms with Crippen LogP contribution >= 0.6 is 11.6 Å². The first-order valence-corrected chi connectivity index (χ1v) is 4.49. The van der Waals surface area contributed by atoms with Crippen LogP contribution in [0.25, 0.3) is 0 Å². The number of carbonyl (C=O) groups is 1. The minimum absolute atomic E-state index is 0.0891. The molecular formula is C9H7ClF3NO2. The Morgan fingerprint density at radius 3 is 2.69 bits per heavy atom. The van der Waals surface area contributed by atoms with E-state index in [2.05, 4.69) is 10.1 Å². The number of amides is 1. The minimum atomic E-state index is -4.43. The number of benzene rings is 1. The molecule has 1 aromatic carbocycles. The number of nitrogens with one attached hydrogen (secondary N) is 1. The number of carbonyl (C=O) groups excluding carboxylic acids is 1. The van der Waals surface area contributed by atoms with Gasteiger partial charge in [-0.1, -0.05) is 11.6 Å². The first kappa shape index (κ1) is 12.6. The van der Waals surface area contributed by atoms with Crippen LogP contribution in [0.2, 0.25) is 5.02 Å². The molecule has 7 heteroatoms. The maximum absolute atomic E-state index is 11.9. The van der Waals surface area contributed by atoms with Crippen LogP contribution < -0.4 is 10.1 Å². The molecule has 1 rings (SSSR count). The van der Waals surface area contributed by atoms with Crippen LogP contribution in [0.3, 0.4) is 0 Å². The molecule has 0 spiro atoms. The third-order valence-corrected chi connectivity index (χ3v) is 1.78. The Morgan fingerprint density at radius 1 is 1.44 bits per heavy atom. The van der Waals surface area contributed by atoms with Crippen LogP contribution in [0.15, 0.2) is 18.2 Å². The van der Waals surface area contributed by atoms with Gasteiger partial charge in [0.15, 0.2) is 6.61 Å². The molecule has 0 aliphatic heterocycles. The Kier molecular flexibility index (Phi) is 4.00. The van der Waals surface area contributed by atoms with Gasteiger partial charge in [-0.25, -0.2) is 0 Å². The van der Waals surface area contributed by atoms with Crippen molar-refractivity contribution in [3.8, 4) is 5.75 Å². The smallest absolute Gasteiger partial charge is 0.422 e. The number of rotatable bonds is 4. The zero-order chi connectivity index (χ0) is 12.2. The maximum Gasteiger partial charge on any atom is 0.422 e. The second kappa shape index (κ2) is 5.07. The van der Waals surface area contributed by atoms with Gasteiger partial charge >= 0.3 is 6.18 Å². The van der Waals surface area contributed by atoms with E-state index in [0.717, 1.165) is 0 Å². The maximum atomic E-state index is 11.9. The quantitative estimate of drug-likeness (QED) is 0.838. The molecule has 0 saturated carbocycles. The molecular weight excluding hydrogens is 247 g/mol. The monoisotopic (exact) mass is 253 g/mol. The lowest BCUT2D eigenvalue weighted by Crippen LogP contribution is -2.19. The zero-order valence-electron chi connectivity index (χ0n) is 7.84. The Morgan fingerprint density at radius 2 is 2.12 bits per heavy atom. The fraction of sp³-hybridized carbons (Fsp3) is 0.222. The molecule has 0 aliphatic carbocycles. The average Bonchev–Trinajstić information content (AvgIpc) is 2.15. The van der Waals surface area contributed by atoms with Crippen LogP contribution in [0.5, 0.6) is 5.75 Å². The number of hydrogen-bond donors (Lipinski definition) is 1. The van der Waals surface area contributed by atoms with Crippen LogP contribution in [0.4, 0.5) is 18.9 Å². The molecule has 0 aliphatic rings. The van der Waals surface area contributed by atoms with Crippen molar-refractivity contribution in [1.82, 2.24) is 0 Å². The molecule has 16 heavy (non-hydrogen) atoms. The zero-order valence-corrected chi connectivity index (χ0v) is 8.60. The van der Waals surface area contributed by atoms with Crippen molar-refractivity contribution in [1.29, 1.82) is 0 Å². The summed E-state index contributed by atoms with van der Waals surface area (Å²) in [5, 5.41) is 2.48. The van der Waals surface area contributed by atoms with Crippen LogP contribution in [0.1, 0.15) is 0 Å². The molecule has 1 N–H and O–H groups in total. The summed E-state index contributed by atoms with van der Waals surface area (Å²) in [7, 11) is 0. The summed E-state index contributed by atoms with van der Waals surface area (Å²) in [6, 6.07) is 3.91. The van der Waals surface area contributed by atoms with Crippen molar-refractivity contribution in [2.45, 2.75) is 6.18 Å². The lowest BCUT2D eigenvalue weighted by molar-refractivity contribution is -0.153. The molecule has 0 aromatic heterocycles. The molecule has 0 atom stereocenters. The lowest BCUT2D eigenvalue weighted by atomic mass is 10.3. The van der Waals surface area contributed by atoms with Gasteiger partial charge in [-0.2, -0.15) is 13.2 Å². The van der Waals surface area contributed by atoms with Gasteiger partial charge in [0.05, 0.1) is 5.69 Å². The van der Waals surface area contributed by atoms with Crippen LogP contribution in [-0.2, 0) is 4.79 Å². The highest BCUT2D eigenvalue weighted by Gasteiger charge is 2.28. The SMILES string of the molecule is O=CNc1cc(Cl)ccc1OCC(F)(F)F. The second-order valence-corrected chi connectivity index (χ2v) is 3.24. The number of hydrogen-bond acceptors (Lipinski definition) is 2. The van der Waals surface area contributed by atoms with Gasteiger partial charge < -0.3 is 10.1 Å². The van der Waals surface area contributed by atoms with Crippen molar-refractivity contribution in [2.75, 3.05) is 11.9 Å². The van der Waals surface area contributed by atoms with E-state index in [4.69, 9.17) is 11.6 Å². The summed E-state index contributed by atoms with van der Waals surface area (Å²) in [4.78, 5) is 10.2. The highest BCUT2D eigenvalue weighted by molar-refractivity contribution is 6.31. The third-order valence-electron chi connectivity index (χ3n) is 1.55. The average molecular weight is 254 g/mol. The first-order valence-electron chi connectivity index (χ1n) is 4.11. The molecule has 88 valence electrons. The van der Waals surface area contributed by atoms with Gasteiger partial charge in [-0.05, 0) is 18.2 Å². The molecule has 3 nitrogen and oxygen atoms in total. The van der Waals surface area contributed by atoms with Gasteiger partial charge in [0.25, 0.3) is 0 Å². The fourth-order valence-corrected chi connectivity index (χ4v) is 1.14. The van der Waals surface area contributed by atoms with Gasteiger partial charge in [0.2, 0.25) is 6.41 Å². The highest BCUT2D eigenvalue weighted by atomic mass is 35.5. The summed E-state index contributed by atoms with van der Waals surface area (Å²) < 4.78 is 40.2. The highest BCUT2D eigenvalue weighted by Crippen LogP contribution is 2.29. The summed E-state index contributed by atoms with van der Waals surface area (Å²) in [6.07, 6.45) is -4.11. The molecule has 1 aromatic rings. The predicted molar refractivity (Wildman–Crippen MR) is 52.7 cm³/mol. The Labute approximate surface area is 94.2 Å².